The molecule has 0 aromatic heterocycles. The van der Waals surface area contributed by atoms with Gasteiger partial charge in [0.05, 0.1) is 38.2 Å². The second kappa shape index (κ2) is 9.02. The summed E-state index contributed by atoms with van der Waals surface area (Å²) in [6.45, 7) is 14.2. The molecule has 0 fully saturated rings. The number of methoxy groups -OCH3 is 1. The van der Waals surface area contributed by atoms with E-state index in [0.717, 1.165) is 0 Å². The minimum Gasteiger partial charge on any atom is -0.744 e. The van der Waals surface area contributed by atoms with Crippen LogP contribution in [-0.2, 0) is 10.1 Å². The fraction of sp³-hybridized carbons (Fsp3) is 0.600. The minimum absolute atomic E-state index is 0.276. The first-order valence-corrected chi connectivity index (χ1v) is 8.64. The van der Waals surface area contributed by atoms with Crippen molar-refractivity contribution in [2.75, 3.05) is 33.3 Å². The van der Waals surface area contributed by atoms with E-state index in [4.69, 9.17) is 4.74 Å². The van der Waals surface area contributed by atoms with E-state index in [1.54, 1.807) is 6.07 Å². The molecule has 0 bridgehead atoms. The second-order valence-corrected chi connectivity index (χ2v) is 6.12. The second-order valence-electron chi connectivity index (χ2n) is 4.74. The Labute approximate surface area is 128 Å². The predicted molar refractivity (Wildman–Crippen MR) is 83.4 cm³/mol. The molecule has 5 nitrogen and oxygen atoms in total. The molecule has 1 aromatic carbocycles. The first-order valence-electron chi connectivity index (χ1n) is 7.23. The lowest BCUT2D eigenvalue weighted by molar-refractivity contribution is -0.921. The average molecular weight is 317 g/mol. The number of hydrogen-bond donors (Lipinski definition) is 0. The van der Waals surface area contributed by atoms with Crippen LogP contribution in [0.25, 0.3) is 0 Å². The number of benzene rings is 1. The van der Waals surface area contributed by atoms with E-state index in [0.29, 0.717) is 5.75 Å². The highest BCUT2D eigenvalue weighted by Gasteiger charge is 2.16. The highest BCUT2D eigenvalue weighted by Crippen LogP contribution is 2.16. The van der Waals surface area contributed by atoms with Gasteiger partial charge >= 0.3 is 0 Å². The first kappa shape index (κ1) is 19.9. The third-order valence-corrected chi connectivity index (χ3v) is 4.84. The molecule has 0 radical (unpaired) electrons. The molecule has 0 N–H and O–H groups in total. The van der Waals surface area contributed by atoms with Crippen molar-refractivity contribution in [1.29, 1.82) is 0 Å². The summed E-state index contributed by atoms with van der Waals surface area (Å²) in [4.78, 5) is -0.276. The van der Waals surface area contributed by atoms with Crippen LogP contribution in [0.1, 0.15) is 27.7 Å². The van der Waals surface area contributed by atoms with Gasteiger partial charge in [0.25, 0.3) is 0 Å². The number of rotatable bonds is 6. The van der Waals surface area contributed by atoms with Crippen LogP contribution in [0.2, 0.25) is 0 Å². The number of quaternary nitrogens is 1. The van der Waals surface area contributed by atoms with Crippen molar-refractivity contribution >= 4 is 10.1 Å². The van der Waals surface area contributed by atoms with Crippen LogP contribution in [0.15, 0.2) is 29.2 Å². The van der Waals surface area contributed by atoms with Gasteiger partial charge in [-0.3, -0.25) is 0 Å². The highest BCUT2D eigenvalue weighted by atomic mass is 32.2. The smallest absolute Gasteiger partial charge is 0.124 e. The van der Waals surface area contributed by atoms with Gasteiger partial charge in [0.1, 0.15) is 15.9 Å². The number of ether oxygens (including phenoxy) is 1. The van der Waals surface area contributed by atoms with Gasteiger partial charge < -0.3 is 13.8 Å². The molecule has 0 saturated carbocycles. The lowest BCUT2D eigenvalue weighted by Gasteiger charge is -2.34. The molecule has 0 saturated heterocycles. The molecule has 0 aliphatic heterocycles. The summed E-state index contributed by atoms with van der Waals surface area (Å²) >= 11 is 0. The summed E-state index contributed by atoms with van der Waals surface area (Å²) in [5, 5.41) is 0. The van der Waals surface area contributed by atoms with Crippen molar-refractivity contribution < 1.29 is 22.2 Å². The molecule has 122 valence electrons. The quantitative estimate of drug-likeness (QED) is 0.597. The number of hydrogen-bond acceptors (Lipinski definition) is 4. The van der Waals surface area contributed by atoms with Gasteiger partial charge in [0.15, 0.2) is 0 Å². The summed E-state index contributed by atoms with van der Waals surface area (Å²) in [5.74, 6) is 0.354. The standard InChI is InChI=1S/C8H20N.C7H8O4S/c1-5-9(6-2,7-3)8-4;1-11-6-3-2-4-7(5-6)12(8,9)10/h5-8H2,1-4H3;2-5H,1H3,(H,8,9,10)/q+1;/p-1. The molecule has 1 aromatic rings. The normalized spacial score (nSPS) is 11.5. The van der Waals surface area contributed by atoms with E-state index in [-0.39, 0.29) is 4.90 Å². The zero-order valence-corrected chi connectivity index (χ0v) is 14.4. The van der Waals surface area contributed by atoms with E-state index in [2.05, 4.69) is 27.7 Å². The molecule has 21 heavy (non-hydrogen) atoms. The van der Waals surface area contributed by atoms with Gasteiger partial charge in [0.2, 0.25) is 0 Å². The lowest BCUT2D eigenvalue weighted by atomic mass is 10.3. The SMILES string of the molecule is CC[N+](CC)(CC)CC.COc1cccc(S(=O)(=O)[O-])c1. The fourth-order valence-electron chi connectivity index (χ4n) is 2.10. The molecule has 0 atom stereocenters. The summed E-state index contributed by atoms with van der Waals surface area (Å²) in [7, 11) is -2.97. The summed E-state index contributed by atoms with van der Waals surface area (Å²) < 4.78 is 37.5. The van der Waals surface area contributed by atoms with Crippen molar-refractivity contribution in [3.8, 4) is 5.75 Å². The van der Waals surface area contributed by atoms with E-state index in [1.807, 2.05) is 0 Å². The molecule has 0 amide bonds. The monoisotopic (exact) mass is 317 g/mol. The molecule has 0 aliphatic carbocycles. The Morgan fingerprint density at radius 3 is 1.81 bits per heavy atom. The van der Waals surface area contributed by atoms with Crippen molar-refractivity contribution in [2.45, 2.75) is 32.6 Å². The minimum atomic E-state index is -4.37. The third-order valence-electron chi connectivity index (χ3n) is 4.01. The molecular weight excluding hydrogens is 290 g/mol. The van der Waals surface area contributed by atoms with E-state index in [9.17, 15) is 13.0 Å². The Kier molecular flexibility index (Phi) is 8.54. The van der Waals surface area contributed by atoms with Gasteiger partial charge in [-0.05, 0) is 45.9 Å². The van der Waals surface area contributed by atoms with Crippen molar-refractivity contribution in [3.63, 3.8) is 0 Å². The van der Waals surface area contributed by atoms with Gasteiger partial charge in [-0.2, -0.15) is 0 Å². The van der Waals surface area contributed by atoms with Crippen molar-refractivity contribution in [2.24, 2.45) is 0 Å². The van der Waals surface area contributed by atoms with Crippen LogP contribution in [-0.4, -0.2) is 50.7 Å². The summed E-state index contributed by atoms with van der Waals surface area (Å²) in [5.41, 5.74) is 0. The largest absolute Gasteiger partial charge is 0.744 e. The van der Waals surface area contributed by atoms with Gasteiger partial charge in [0, 0.05) is 0 Å². The Morgan fingerprint density at radius 1 is 1.05 bits per heavy atom. The predicted octanol–water partition coefficient (Wildman–Crippen LogP) is 2.48. The molecule has 0 spiro atoms. The van der Waals surface area contributed by atoms with E-state index >= 15 is 0 Å². The Morgan fingerprint density at radius 2 is 1.52 bits per heavy atom. The van der Waals surface area contributed by atoms with Crippen LogP contribution in [0.5, 0.6) is 5.75 Å². The van der Waals surface area contributed by atoms with E-state index < -0.39 is 10.1 Å². The third kappa shape index (κ3) is 6.46. The lowest BCUT2D eigenvalue weighted by Crippen LogP contribution is -2.47. The fourth-order valence-corrected chi connectivity index (χ4v) is 2.60. The summed E-state index contributed by atoms with van der Waals surface area (Å²) in [6.07, 6.45) is 0. The Balaban J connectivity index is 0.000000400. The molecule has 1 rings (SSSR count). The average Bonchev–Trinajstić information content (AvgIpc) is 2.50. The van der Waals surface area contributed by atoms with Crippen LogP contribution in [0, 0.1) is 0 Å². The maximum absolute atomic E-state index is 10.5. The maximum atomic E-state index is 10.5. The van der Waals surface area contributed by atoms with Crippen LogP contribution in [0.3, 0.4) is 0 Å². The molecular formula is C15H27NO4S. The Hall–Kier alpha value is -1.11. The maximum Gasteiger partial charge on any atom is 0.124 e. The topological polar surface area (TPSA) is 66.4 Å². The highest BCUT2D eigenvalue weighted by molar-refractivity contribution is 7.85. The van der Waals surface area contributed by atoms with Gasteiger partial charge in [-0.25, -0.2) is 8.42 Å². The number of nitrogens with zero attached hydrogens (tertiary/aromatic N) is 1. The summed E-state index contributed by atoms with van der Waals surface area (Å²) in [6, 6.07) is 5.42. The van der Waals surface area contributed by atoms with Crippen LogP contribution >= 0.6 is 0 Å². The van der Waals surface area contributed by atoms with Crippen molar-refractivity contribution in [3.05, 3.63) is 24.3 Å². The molecule has 0 heterocycles. The molecule has 0 unspecified atom stereocenters. The van der Waals surface area contributed by atoms with E-state index in [1.165, 1.54) is 56.0 Å². The van der Waals surface area contributed by atoms with Crippen LogP contribution in [0.4, 0.5) is 0 Å². The van der Waals surface area contributed by atoms with Crippen LogP contribution < -0.4 is 4.74 Å². The Bertz CT molecular complexity index is 493. The zero-order valence-electron chi connectivity index (χ0n) is 13.6. The van der Waals surface area contributed by atoms with Gasteiger partial charge in [-0.15, -0.1) is 0 Å². The van der Waals surface area contributed by atoms with Crippen molar-refractivity contribution in [1.82, 2.24) is 0 Å². The molecule has 0 aliphatic rings. The first-order chi connectivity index (χ1) is 9.78. The zero-order chi connectivity index (χ0) is 16.5. The molecule has 6 heteroatoms. The van der Waals surface area contributed by atoms with Gasteiger partial charge in [-0.1, -0.05) is 6.07 Å².